The van der Waals surface area contributed by atoms with Gasteiger partial charge >= 0.3 is 5.97 Å². The minimum absolute atomic E-state index is 0.225. The number of carbonyl (C=O) groups is 1. The Bertz CT molecular complexity index is 747. The Hall–Kier alpha value is -2.18. The fourth-order valence-electron chi connectivity index (χ4n) is 3.76. The molecule has 1 unspecified atom stereocenters. The van der Waals surface area contributed by atoms with Gasteiger partial charge in [-0.2, -0.15) is 0 Å². The number of aliphatic hydroxyl groups excluding tert-OH is 1. The first-order valence-electron chi connectivity index (χ1n) is 9.70. The number of β-amino-alcohol motifs (C(OH)–C–C–N with tert-alkyl or cyclic N) is 1. The highest BCUT2D eigenvalue weighted by molar-refractivity contribution is 5.84. The summed E-state index contributed by atoms with van der Waals surface area (Å²) in [6.07, 6.45) is 5.35. The molecular formula is C21H28N2O4. The van der Waals surface area contributed by atoms with Crippen LogP contribution in [0, 0.1) is 5.92 Å². The third-order valence-corrected chi connectivity index (χ3v) is 5.16. The Morgan fingerprint density at radius 2 is 2.11 bits per heavy atom. The maximum absolute atomic E-state index is 11.0. The molecule has 0 amide bonds. The van der Waals surface area contributed by atoms with Crippen molar-refractivity contribution in [2.75, 3.05) is 26.2 Å². The number of carboxylic acid groups (broad SMARTS) is 1. The summed E-state index contributed by atoms with van der Waals surface area (Å²) in [7, 11) is 0. The lowest BCUT2D eigenvalue weighted by atomic mass is 9.93. The van der Waals surface area contributed by atoms with Crippen molar-refractivity contribution in [1.82, 2.24) is 9.88 Å². The number of pyridine rings is 1. The van der Waals surface area contributed by atoms with Gasteiger partial charge in [0.05, 0.1) is 5.52 Å². The number of nitrogens with zero attached hydrogens (tertiary/aromatic N) is 2. The predicted molar refractivity (Wildman–Crippen MR) is 104 cm³/mol. The number of benzene rings is 1. The summed E-state index contributed by atoms with van der Waals surface area (Å²) in [5.41, 5.74) is 0.873. The van der Waals surface area contributed by atoms with E-state index in [1.807, 2.05) is 30.3 Å². The topological polar surface area (TPSA) is 82.9 Å². The Kier molecular flexibility index (Phi) is 7.01. The van der Waals surface area contributed by atoms with Crippen molar-refractivity contribution < 1.29 is 19.7 Å². The number of ether oxygens (including phenoxy) is 1. The van der Waals surface area contributed by atoms with Gasteiger partial charge in [-0.15, -0.1) is 0 Å². The van der Waals surface area contributed by atoms with Crippen LogP contribution >= 0.6 is 0 Å². The van der Waals surface area contributed by atoms with E-state index in [1.54, 1.807) is 6.20 Å². The van der Waals surface area contributed by atoms with Crippen LogP contribution in [0.15, 0.2) is 36.5 Å². The molecule has 3 rings (SSSR count). The molecule has 0 bridgehead atoms. The normalized spacial score (nSPS) is 20.0. The lowest BCUT2D eigenvalue weighted by Crippen LogP contribution is -2.38. The Morgan fingerprint density at radius 1 is 1.22 bits per heavy atom. The molecule has 0 radical (unpaired) electrons. The molecule has 2 aromatic rings. The van der Waals surface area contributed by atoms with Gasteiger partial charge in [0, 0.05) is 24.5 Å². The number of likely N-dealkylation sites (tertiary alicyclic amines) is 1. The highest BCUT2D eigenvalue weighted by Crippen LogP contribution is 2.24. The molecule has 1 fully saturated rings. The van der Waals surface area contributed by atoms with E-state index >= 15 is 0 Å². The van der Waals surface area contributed by atoms with Crippen molar-refractivity contribution in [1.29, 1.82) is 0 Å². The smallest absolute Gasteiger partial charge is 0.303 e. The maximum atomic E-state index is 11.0. The molecule has 2 N–H and O–H groups in total. The summed E-state index contributed by atoms with van der Waals surface area (Å²) in [5.74, 6) is 0.251. The van der Waals surface area contributed by atoms with E-state index in [2.05, 4.69) is 9.88 Å². The molecule has 0 spiro atoms. The molecule has 1 aromatic carbocycles. The SMILES string of the molecule is O=C(O)CC1CCCCN(C[C@@H](O)COc2cccc3ncccc23)CC1. The standard InChI is InChI=1S/C21H28N2O4/c24-17(14-23-11-2-1-5-16(9-12-23)13-21(25)26)15-27-20-8-3-7-19-18(20)6-4-10-22-19/h3-4,6-8,10,16-17,24H,1-2,5,9,11-15H2,(H,25,26)/t16?,17-/m1/s1. The van der Waals surface area contributed by atoms with Gasteiger partial charge in [-0.3, -0.25) is 9.78 Å². The van der Waals surface area contributed by atoms with E-state index in [9.17, 15) is 9.90 Å². The van der Waals surface area contributed by atoms with Gasteiger partial charge in [-0.05, 0) is 62.5 Å². The average Bonchev–Trinajstić information content (AvgIpc) is 2.64. The van der Waals surface area contributed by atoms with E-state index in [0.717, 1.165) is 55.4 Å². The molecule has 1 saturated heterocycles. The van der Waals surface area contributed by atoms with E-state index in [-0.39, 0.29) is 18.9 Å². The fraction of sp³-hybridized carbons (Fsp3) is 0.524. The average molecular weight is 372 g/mol. The molecule has 2 atom stereocenters. The van der Waals surface area contributed by atoms with Gasteiger partial charge in [0.25, 0.3) is 0 Å². The molecule has 27 heavy (non-hydrogen) atoms. The first-order valence-corrected chi connectivity index (χ1v) is 9.70. The van der Waals surface area contributed by atoms with Crippen LogP contribution in [0.5, 0.6) is 5.75 Å². The number of hydrogen-bond donors (Lipinski definition) is 2. The second-order valence-corrected chi connectivity index (χ2v) is 7.34. The first kappa shape index (κ1) is 19.6. The number of carboxylic acids is 1. The van der Waals surface area contributed by atoms with E-state index in [0.29, 0.717) is 6.54 Å². The van der Waals surface area contributed by atoms with Crippen molar-refractivity contribution in [3.63, 3.8) is 0 Å². The molecule has 0 saturated carbocycles. The predicted octanol–water partition coefficient (Wildman–Crippen LogP) is 2.94. The van der Waals surface area contributed by atoms with Crippen molar-refractivity contribution in [3.05, 3.63) is 36.5 Å². The van der Waals surface area contributed by atoms with Crippen LogP contribution in [0.25, 0.3) is 10.9 Å². The van der Waals surface area contributed by atoms with Gasteiger partial charge in [0.2, 0.25) is 0 Å². The van der Waals surface area contributed by atoms with Gasteiger partial charge in [0.15, 0.2) is 0 Å². The van der Waals surface area contributed by atoms with Crippen LogP contribution in [0.2, 0.25) is 0 Å². The number of hydrogen-bond acceptors (Lipinski definition) is 5. The van der Waals surface area contributed by atoms with Crippen molar-refractivity contribution in [2.24, 2.45) is 5.92 Å². The highest BCUT2D eigenvalue weighted by atomic mass is 16.5. The highest BCUT2D eigenvalue weighted by Gasteiger charge is 2.20. The van der Waals surface area contributed by atoms with Gasteiger partial charge in [-0.1, -0.05) is 12.5 Å². The zero-order valence-corrected chi connectivity index (χ0v) is 15.6. The number of aliphatic carboxylic acids is 1. The lowest BCUT2D eigenvalue weighted by Gasteiger charge is -2.29. The van der Waals surface area contributed by atoms with Crippen LogP contribution in [0.3, 0.4) is 0 Å². The maximum Gasteiger partial charge on any atom is 0.303 e. The van der Waals surface area contributed by atoms with E-state index in [4.69, 9.17) is 9.84 Å². The van der Waals surface area contributed by atoms with E-state index in [1.165, 1.54) is 0 Å². The largest absolute Gasteiger partial charge is 0.490 e. The number of fused-ring (bicyclic) bond motifs is 1. The minimum atomic E-state index is -0.717. The summed E-state index contributed by atoms with van der Waals surface area (Å²) in [4.78, 5) is 17.5. The summed E-state index contributed by atoms with van der Waals surface area (Å²) >= 11 is 0. The molecule has 0 aliphatic carbocycles. The Balaban J connectivity index is 1.50. The lowest BCUT2D eigenvalue weighted by molar-refractivity contribution is -0.138. The number of aromatic nitrogens is 1. The fourth-order valence-corrected chi connectivity index (χ4v) is 3.76. The monoisotopic (exact) mass is 372 g/mol. The van der Waals surface area contributed by atoms with Crippen LogP contribution < -0.4 is 4.74 Å². The van der Waals surface area contributed by atoms with E-state index < -0.39 is 12.1 Å². The molecule has 6 nitrogen and oxygen atoms in total. The molecule has 6 heteroatoms. The minimum Gasteiger partial charge on any atom is -0.490 e. The Labute approximate surface area is 159 Å². The summed E-state index contributed by atoms with van der Waals surface area (Å²) in [5, 5.41) is 20.4. The van der Waals surface area contributed by atoms with Crippen LogP contribution in [-0.4, -0.2) is 58.4 Å². The quantitative estimate of drug-likeness (QED) is 0.778. The summed E-state index contributed by atoms with van der Waals surface area (Å²) < 4.78 is 5.86. The molecule has 146 valence electrons. The first-order chi connectivity index (χ1) is 13.1. The van der Waals surface area contributed by atoms with Crippen LogP contribution in [0.4, 0.5) is 0 Å². The molecule has 1 aliphatic heterocycles. The van der Waals surface area contributed by atoms with Gasteiger partial charge in [0.1, 0.15) is 18.5 Å². The van der Waals surface area contributed by atoms with Crippen molar-refractivity contribution >= 4 is 16.9 Å². The molecule has 1 aromatic heterocycles. The summed E-state index contributed by atoms with van der Waals surface area (Å²) in [6.45, 7) is 2.54. The molecular weight excluding hydrogens is 344 g/mol. The van der Waals surface area contributed by atoms with Gasteiger partial charge in [-0.25, -0.2) is 0 Å². The van der Waals surface area contributed by atoms with Crippen molar-refractivity contribution in [2.45, 2.75) is 38.2 Å². The third kappa shape index (κ3) is 5.91. The molecule has 2 heterocycles. The Morgan fingerprint density at radius 3 is 2.96 bits per heavy atom. The number of rotatable bonds is 7. The molecule has 1 aliphatic rings. The van der Waals surface area contributed by atoms with Gasteiger partial charge < -0.3 is 19.8 Å². The van der Waals surface area contributed by atoms with Crippen LogP contribution in [0.1, 0.15) is 32.1 Å². The third-order valence-electron chi connectivity index (χ3n) is 5.16. The van der Waals surface area contributed by atoms with Crippen molar-refractivity contribution in [3.8, 4) is 5.75 Å². The zero-order valence-electron chi connectivity index (χ0n) is 15.6. The number of aliphatic hydroxyl groups is 1. The van der Waals surface area contributed by atoms with Crippen LogP contribution in [-0.2, 0) is 4.79 Å². The summed E-state index contributed by atoms with van der Waals surface area (Å²) in [6, 6.07) is 9.57. The second kappa shape index (κ2) is 9.67. The second-order valence-electron chi connectivity index (χ2n) is 7.34. The zero-order chi connectivity index (χ0) is 19.1.